The minimum absolute atomic E-state index is 0.261. The summed E-state index contributed by atoms with van der Waals surface area (Å²) in [6, 6.07) is 7.68. The number of halogens is 1. The lowest BCUT2D eigenvalue weighted by molar-refractivity contribution is 1.07. The van der Waals surface area contributed by atoms with Gasteiger partial charge < -0.3 is 11.1 Å². The zero-order valence-corrected chi connectivity index (χ0v) is 10.2. The third kappa shape index (κ3) is 2.85. The molecule has 0 aliphatic rings. The largest absolute Gasteiger partial charge is 0.368 e. The van der Waals surface area contributed by atoms with Crippen LogP contribution < -0.4 is 11.1 Å². The first-order valence-electron chi connectivity index (χ1n) is 5.23. The fourth-order valence-electron chi connectivity index (χ4n) is 1.46. The predicted octanol–water partition coefficient (Wildman–Crippen LogP) is 2.63. The van der Waals surface area contributed by atoms with E-state index in [0.717, 1.165) is 22.0 Å². The highest BCUT2D eigenvalue weighted by Crippen LogP contribution is 2.17. The Kier molecular flexibility index (Phi) is 3.44. The van der Waals surface area contributed by atoms with Crippen molar-refractivity contribution in [1.82, 2.24) is 9.97 Å². The summed E-state index contributed by atoms with van der Waals surface area (Å²) in [5, 5.41) is 3.93. The molecule has 0 fully saturated rings. The number of hydrogen-bond acceptors (Lipinski definition) is 4. The minimum atomic E-state index is 0.261. The van der Waals surface area contributed by atoms with Gasteiger partial charge in [0.2, 0.25) is 5.95 Å². The van der Waals surface area contributed by atoms with Crippen LogP contribution in [0, 0.1) is 6.92 Å². The first-order valence-corrected chi connectivity index (χ1v) is 5.61. The Morgan fingerprint density at radius 2 is 2.12 bits per heavy atom. The van der Waals surface area contributed by atoms with Crippen molar-refractivity contribution in [1.29, 1.82) is 0 Å². The molecule has 5 heteroatoms. The van der Waals surface area contributed by atoms with E-state index in [4.69, 9.17) is 17.3 Å². The Morgan fingerprint density at radius 1 is 1.35 bits per heavy atom. The topological polar surface area (TPSA) is 63.8 Å². The van der Waals surface area contributed by atoms with Crippen LogP contribution in [-0.2, 0) is 6.54 Å². The highest BCUT2D eigenvalue weighted by molar-refractivity contribution is 6.31. The van der Waals surface area contributed by atoms with Crippen molar-refractivity contribution in [2.24, 2.45) is 0 Å². The first-order chi connectivity index (χ1) is 8.16. The zero-order valence-electron chi connectivity index (χ0n) is 9.44. The van der Waals surface area contributed by atoms with Crippen LogP contribution in [-0.4, -0.2) is 9.97 Å². The summed E-state index contributed by atoms with van der Waals surface area (Å²) in [5.41, 5.74) is 7.51. The number of benzene rings is 1. The fraction of sp³-hybridized carbons (Fsp3) is 0.167. The van der Waals surface area contributed by atoms with Crippen molar-refractivity contribution in [3.63, 3.8) is 0 Å². The molecule has 0 aliphatic carbocycles. The lowest BCUT2D eigenvalue weighted by Gasteiger charge is -2.09. The number of nitrogens with two attached hydrogens (primary N) is 1. The molecule has 3 N–H and O–H groups in total. The Hall–Kier alpha value is -1.81. The molecular formula is C12H13ClN4. The number of anilines is 2. The van der Waals surface area contributed by atoms with Crippen molar-refractivity contribution in [2.45, 2.75) is 13.5 Å². The third-order valence-corrected chi connectivity index (χ3v) is 2.76. The van der Waals surface area contributed by atoms with Gasteiger partial charge in [-0.25, -0.2) is 4.98 Å². The standard InChI is InChI=1S/C12H13ClN4/c1-8-6-16-12(14)17-11(8)15-7-9-4-2-3-5-10(9)13/h2-6H,7H2,1H3,(H3,14,15,16,17). The van der Waals surface area contributed by atoms with Crippen LogP contribution >= 0.6 is 11.6 Å². The number of aromatic nitrogens is 2. The number of aryl methyl sites for hydroxylation is 1. The second-order valence-corrected chi connectivity index (χ2v) is 4.11. The summed E-state index contributed by atoms with van der Waals surface area (Å²) in [5.74, 6) is 0.995. The highest BCUT2D eigenvalue weighted by Gasteiger charge is 2.03. The maximum Gasteiger partial charge on any atom is 0.221 e. The number of nitrogens with one attached hydrogen (secondary N) is 1. The second-order valence-electron chi connectivity index (χ2n) is 3.70. The molecule has 1 aromatic heterocycles. The summed E-state index contributed by atoms with van der Waals surface area (Å²) in [4.78, 5) is 8.04. The fourth-order valence-corrected chi connectivity index (χ4v) is 1.66. The van der Waals surface area contributed by atoms with E-state index < -0.39 is 0 Å². The van der Waals surface area contributed by atoms with Crippen molar-refractivity contribution in [2.75, 3.05) is 11.1 Å². The lowest BCUT2D eigenvalue weighted by atomic mass is 10.2. The van der Waals surface area contributed by atoms with Crippen LogP contribution in [0.5, 0.6) is 0 Å². The number of nitrogen functional groups attached to an aromatic ring is 1. The summed E-state index contributed by atoms with van der Waals surface area (Å²) < 4.78 is 0. The molecular weight excluding hydrogens is 236 g/mol. The van der Waals surface area contributed by atoms with Gasteiger partial charge in [-0.15, -0.1) is 0 Å². The van der Waals surface area contributed by atoms with Gasteiger partial charge in [0.15, 0.2) is 0 Å². The zero-order chi connectivity index (χ0) is 12.3. The molecule has 17 heavy (non-hydrogen) atoms. The summed E-state index contributed by atoms with van der Waals surface area (Å²) in [7, 11) is 0. The molecule has 0 amide bonds. The smallest absolute Gasteiger partial charge is 0.221 e. The van der Waals surface area contributed by atoms with Gasteiger partial charge in [-0.1, -0.05) is 29.8 Å². The van der Waals surface area contributed by atoms with E-state index in [1.54, 1.807) is 6.20 Å². The highest BCUT2D eigenvalue weighted by atomic mass is 35.5. The molecule has 88 valence electrons. The summed E-state index contributed by atoms with van der Waals surface area (Å²) >= 11 is 6.06. The van der Waals surface area contributed by atoms with Crippen molar-refractivity contribution in [3.8, 4) is 0 Å². The normalized spacial score (nSPS) is 10.2. The SMILES string of the molecule is Cc1cnc(N)nc1NCc1ccccc1Cl. The number of rotatable bonds is 3. The van der Waals surface area contributed by atoms with E-state index in [-0.39, 0.29) is 5.95 Å². The van der Waals surface area contributed by atoms with Crippen molar-refractivity contribution in [3.05, 3.63) is 46.6 Å². The molecule has 0 saturated carbocycles. The molecule has 0 atom stereocenters. The average Bonchev–Trinajstić information content (AvgIpc) is 2.32. The molecule has 2 rings (SSSR count). The van der Waals surface area contributed by atoms with Gasteiger partial charge in [0, 0.05) is 23.3 Å². The Morgan fingerprint density at radius 3 is 2.88 bits per heavy atom. The van der Waals surface area contributed by atoms with E-state index in [2.05, 4.69) is 15.3 Å². The van der Waals surface area contributed by atoms with E-state index >= 15 is 0 Å². The van der Waals surface area contributed by atoms with E-state index in [1.165, 1.54) is 0 Å². The molecule has 0 bridgehead atoms. The molecule has 0 spiro atoms. The van der Waals surface area contributed by atoms with Crippen LogP contribution in [0.3, 0.4) is 0 Å². The van der Waals surface area contributed by atoms with Crippen LogP contribution in [0.2, 0.25) is 5.02 Å². The monoisotopic (exact) mass is 248 g/mol. The summed E-state index contributed by atoms with van der Waals surface area (Å²) in [6.07, 6.45) is 1.69. The van der Waals surface area contributed by atoms with Crippen molar-refractivity contribution >= 4 is 23.4 Å². The van der Waals surface area contributed by atoms with E-state index in [1.807, 2.05) is 31.2 Å². The van der Waals surface area contributed by atoms with Gasteiger partial charge in [0.1, 0.15) is 5.82 Å². The Bertz CT molecular complexity index is 528. The maximum atomic E-state index is 6.06. The maximum absolute atomic E-state index is 6.06. The van der Waals surface area contributed by atoms with Gasteiger partial charge in [-0.2, -0.15) is 4.98 Å². The Balaban J connectivity index is 2.12. The van der Waals surface area contributed by atoms with E-state index in [9.17, 15) is 0 Å². The third-order valence-electron chi connectivity index (χ3n) is 2.39. The van der Waals surface area contributed by atoms with Crippen LogP contribution in [0.25, 0.3) is 0 Å². The van der Waals surface area contributed by atoms with Crippen molar-refractivity contribution < 1.29 is 0 Å². The van der Waals surface area contributed by atoms with E-state index in [0.29, 0.717) is 6.54 Å². The van der Waals surface area contributed by atoms with Crippen LogP contribution in [0.15, 0.2) is 30.5 Å². The first kappa shape index (κ1) is 11.7. The molecule has 0 saturated heterocycles. The molecule has 4 nitrogen and oxygen atoms in total. The van der Waals surface area contributed by atoms with Crippen LogP contribution in [0.4, 0.5) is 11.8 Å². The second kappa shape index (κ2) is 5.01. The number of hydrogen-bond donors (Lipinski definition) is 2. The molecule has 2 aromatic rings. The molecule has 1 heterocycles. The molecule has 0 radical (unpaired) electrons. The quantitative estimate of drug-likeness (QED) is 0.877. The van der Waals surface area contributed by atoms with Crippen LogP contribution in [0.1, 0.15) is 11.1 Å². The number of nitrogens with zero attached hydrogens (tertiary/aromatic N) is 2. The van der Waals surface area contributed by atoms with Gasteiger partial charge in [0.05, 0.1) is 0 Å². The van der Waals surface area contributed by atoms with Gasteiger partial charge in [0.25, 0.3) is 0 Å². The lowest BCUT2D eigenvalue weighted by Crippen LogP contribution is -2.06. The molecule has 0 aliphatic heterocycles. The van der Waals surface area contributed by atoms with Gasteiger partial charge >= 0.3 is 0 Å². The molecule has 0 unspecified atom stereocenters. The molecule has 1 aromatic carbocycles. The summed E-state index contributed by atoms with van der Waals surface area (Å²) in [6.45, 7) is 2.53. The Labute approximate surface area is 105 Å². The average molecular weight is 249 g/mol. The predicted molar refractivity (Wildman–Crippen MR) is 70.0 cm³/mol. The van der Waals surface area contributed by atoms with Gasteiger partial charge in [-0.3, -0.25) is 0 Å². The minimum Gasteiger partial charge on any atom is -0.368 e. The van der Waals surface area contributed by atoms with Gasteiger partial charge in [-0.05, 0) is 18.6 Å².